The molecule has 16 heavy (non-hydrogen) atoms. The lowest BCUT2D eigenvalue weighted by Gasteiger charge is -2.06. The van der Waals surface area contributed by atoms with Crippen LogP contribution in [0.2, 0.25) is 0 Å². The van der Waals surface area contributed by atoms with Crippen LogP contribution in [0.5, 0.6) is 0 Å². The maximum Gasteiger partial charge on any atom is 0.336 e. The van der Waals surface area contributed by atoms with E-state index in [-0.39, 0.29) is 5.63 Å². The fraction of sp³-hybridized carbons (Fsp3) is 0.250. The summed E-state index contributed by atoms with van der Waals surface area (Å²) in [7, 11) is 0. The zero-order chi connectivity index (χ0) is 11.5. The highest BCUT2D eigenvalue weighted by molar-refractivity contribution is 7.80. The van der Waals surface area contributed by atoms with Crippen molar-refractivity contribution in [2.75, 3.05) is 17.6 Å². The smallest absolute Gasteiger partial charge is 0.336 e. The van der Waals surface area contributed by atoms with Crippen LogP contribution < -0.4 is 10.9 Å². The molecule has 0 aliphatic heterocycles. The van der Waals surface area contributed by atoms with Gasteiger partial charge in [-0.1, -0.05) is 0 Å². The van der Waals surface area contributed by atoms with Crippen LogP contribution in [-0.4, -0.2) is 12.3 Å². The van der Waals surface area contributed by atoms with Gasteiger partial charge in [-0.2, -0.15) is 12.6 Å². The van der Waals surface area contributed by atoms with Crippen molar-refractivity contribution in [3.05, 3.63) is 40.2 Å². The van der Waals surface area contributed by atoms with Crippen LogP contribution in [0, 0.1) is 6.92 Å². The minimum Gasteiger partial charge on any atom is -0.423 e. The summed E-state index contributed by atoms with van der Waals surface area (Å²) in [5.74, 6) is 0.760. The average Bonchev–Trinajstić information content (AvgIpc) is 2.25. The fourth-order valence-corrected chi connectivity index (χ4v) is 1.75. The van der Waals surface area contributed by atoms with Gasteiger partial charge in [0.15, 0.2) is 0 Å². The molecular formula is C12H13NO2S. The van der Waals surface area contributed by atoms with Gasteiger partial charge in [0.1, 0.15) is 5.58 Å². The van der Waals surface area contributed by atoms with Crippen LogP contribution >= 0.6 is 12.6 Å². The minimum absolute atomic E-state index is 0.309. The van der Waals surface area contributed by atoms with Gasteiger partial charge in [0.25, 0.3) is 0 Å². The van der Waals surface area contributed by atoms with Gasteiger partial charge in [-0.15, -0.1) is 0 Å². The second kappa shape index (κ2) is 4.61. The Kier molecular flexibility index (Phi) is 3.19. The van der Waals surface area contributed by atoms with Gasteiger partial charge in [0.05, 0.1) is 0 Å². The first-order valence-corrected chi connectivity index (χ1v) is 5.73. The average molecular weight is 235 g/mol. The number of anilines is 1. The zero-order valence-corrected chi connectivity index (χ0v) is 9.88. The maximum absolute atomic E-state index is 11.2. The third kappa shape index (κ3) is 2.22. The van der Waals surface area contributed by atoms with Crippen LogP contribution in [0.15, 0.2) is 33.5 Å². The predicted molar refractivity (Wildman–Crippen MR) is 69.6 cm³/mol. The normalized spacial score (nSPS) is 10.6. The van der Waals surface area contributed by atoms with E-state index in [9.17, 15) is 4.79 Å². The van der Waals surface area contributed by atoms with Crippen molar-refractivity contribution in [1.29, 1.82) is 0 Å². The molecule has 0 amide bonds. The Bertz CT molecular complexity index is 562. The van der Waals surface area contributed by atoms with E-state index >= 15 is 0 Å². The lowest BCUT2D eigenvalue weighted by molar-refractivity contribution is 0.560. The molecule has 4 heteroatoms. The van der Waals surface area contributed by atoms with Crippen molar-refractivity contribution in [2.24, 2.45) is 0 Å². The van der Waals surface area contributed by atoms with Crippen LogP contribution in [0.3, 0.4) is 0 Å². The molecule has 0 atom stereocenters. The van der Waals surface area contributed by atoms with E-state index in [1.165, 1.54) is 6.07 Å². The number of hydrogen-bond donors (Lipinski definition) is 2. The highest BCUT2D eigenvalue weighted by atomic mass is 32.1. The molecule has 3 nitrogen and oxygen atoms in total. The van der Waals surface area contributed by atoms with Gasteiger partial charge in [0.2, 0.25) is 0 Å². The van der Waals surface area contributed by atoms with E-state index in [4.69, 9.17) is 4.42 Å². The Balaban J connectivity index is 2.49. The Hall–Kier alpha value is -1.42. The molecule has 84 valence electrons. The van der Waals surface area contributed by atoms with E-state index in [1.54, 1.807) is 0 Å². The van der Waals surface area contributed by atoms with Gasteiger partial charge in [0, 0.05) is 35.5 Å². The minimum atomic E-state index is -0.309. The Morgan fingerprint density at radius 3 is 2.94 bits per heavy atom. The highest BCUT2D eigenvalue weighted by Crippen LogP contribution is 2.20. The molecule has 2 rings (SSSR count). The number of fused-ring (bicyclic) bond motifs is 1. The van der Waals surface area contributed by atoms with Crippen LogP contribution in [0.25, 0.3) is 11.0 Å². The number of hydrogen-bond acceptors (Lipinski definition) is 4. The van der Waals surface area contributed by atoms with E-state index in [0.717, 1.165) is 28.9 Å². The maximum atomic E-state index is 11.2. The van der Waals surface area contributed by atoms with Gasteiger partial charge in [-0.3, -0.25) is 0 Å². The van der Waals surface area contributed by atoms with Crippen molar-refractivity contribution >= 4 is 29.3 Å². The molecule has 0 radical (unpaired) electrons. The van der Waals surface area contributed by atoms with E-state index in [1.807, 2.05) is 25.1 Å². The van der Waals surface area contributed by atoms with Gasteiger partial charge < -0.3 is 9.73 Å². The largest absolute Gasteiger partial charge is 0.423 e. The summed E-state index contributed by atoms with van der Waals surface area (Å²) in [6.45, 7) is 2.69. The summed E-state index contributed by atoms with van der Waals surface area (Å²) < 4.78 is 5.15. The first-order valence-electron chi connectivity index (χ1n) is 5.10. The SMILES string of the molecule is Cc1cc(=O)oc2cc(NCCS)ccc12. The number of thiol groups is 1. The summed E-state index contributed by atoms with van der Waals surface area (Å²) in [5.41, 5.74) is 2.19. The summed E-state index contributed by atoms with van der Waals surface area (Å²) in [5, 5.41) is 4.16. The molecule has 0 aliphatic rings. The van der Waals surface area contributed by atoms with Crippen molar-refractivity contribution < 1.29 is 4.42 Å². The predicted octanol–water partition coefficient (Wildman–Crippen LogP) is 2.44. The topological polar surface area (TPSA) is 42.2 Å². The van der Waals surface area contributed by atoms with Crippen molar-refractivity contribution in [3.63, 3.8) is 0 Å². The molecule has 1 aromatic heterocycles. The number of nitrogens with one attached hydrogen (secondary N) is 1. The van der Waals surface area contributed by atoms with Crippen LogP contribution in [0.1, 0.15) is 5.56 Å². The summed E-state index contributed by atoms with van der Waals surface area (Å²) in [4.78, 5) is 11.2. The van der Waals surface area contributed by atoms with Crippen molar-refractivity contribution in [3.8, 4) is 0 Å². The molecule has 0 fully saturated rings. The summed E-state index contributed by atoms with van der Waals surface area (Å²) >= 11 is 4.12. The molecule has 2 aromatic rings. The fourth-order valence-electron chi connectivity index (χ4n) is 1.64. The summed E-state index contributed by atoms with van der Waals surface area (Å²) in [6.07, 6.45) is 0. The first-order chi connectivity index (χ1) is 7.70. The van der Waals surface area contributed by atoms with Gasteiger partial charge in [-0.25, -0.2) is 4.79 Å². The second-order valence-corrected chi connectivity index (χ2v) is 4.06. The number of benzene rings is 1. The van der Waals surface area contributed by atoms with E-state index < -0.39 is 0 Å². The van der Waals surface area contributed by atoms with Crippen LogP contribution in [-0.2, 0) is 0 Å². The summed E-state index contributed by atoms with van der Waals surface area (Å²) in [6, 6.07) is 7.27. The molecule has 0 unspecified atom stereocenters. The molecule has 0 bridgehead atoms. The van der Waals surface area contributed by atoms with Gasteiger partial charge >= 0.3 is 5.63 Å². The standard InChI is InChI=1S/C12H13NO2S/c1-8-6-12(14)15-11-7-9(13-4-5-16)2-3-10(8)11/h2-3,6-7,13,16H,4-5H2,1H3. The molecule has 1 N–H and O–H groups in total. The van der Waals surface area contributed by atoms with Gasteiger partial charge in [-0.05, 0) is 24.6 Å². The monoisotopic (exact) mass is 235 g/mol. The molecule has 0 saturated heterocycles. The quantitative estimate of drug-likeness (QED) is 0.634. The molecule has 1 heterocycles. The lowest BCUT2D eigenvalue weighted by Crippen LogP contribution is -2.03. The van der Waals surface area contributed by atoms with E-state index in [0.29, 0.717) is 5.58 Å². The molecule has 1 aromatic carbocycles. The Labute approximate surface area is 98.9 Å². The Morgan fingerprint density at radius 2 is 2.19 bits per heavy atom. The van der Waals surface area contributed by atoms with Crippen molar-refractivity contribution in [1.82, 2.24) is 0 Å². The number of rotatable bonds is 3. The van der Waals surface area contributed by atoms with Crippen molar-refractivity contribution in [2.45, 2.75) is 6.92 Å². The first kappa shape index (κ1) is 11.1. The Morgan fingerprint density at radius 1 is 1.38 bits per heavy atom. The third-order valence-corrected chi connectivity index (χ3v) is 2.62. The molecule has 0 aliphatic carbocycles. The van der Waals surface area contributed by atoms with E-state index in [2.05, 4.69) is 17.9 Å². The zero-order valence-electron chi connectivity index (χ0n) is 8.99. The second-order valence-electron chi connectivity index (χ2n) is 3.61. The molecule has 0 spiro atoms. The number of aryl methyl sites for hydroxylation is 1. The molecular weight excluding hydrogens is 222 g/mol. The highest BCUT2D eigenvalue weighted by Gasteiger charge is 2.02. The molecule has 0 saturated carbocycles. The third-order valence-electron chi connectivity index (χ3n) is 2.39. The lowest BCUT2D eigenvalue weighted by atomic mass is 10.1. The van der Waals surface area contributed by atoms with Crippen LogP contribution in [0.4, 0.5) is 5.69 Å².